The van der Waals surface area contributed by atoms with Crippen molar-refractivity contribution in [3.63, 3.8) is 0 Å². The van der Waals surface area contributed by atoms with E-state index >= 15 is 0 Å². The average Bonchev–Trinajstić information content (AvgIpc) is 2.59. The van der Waals surface area contributed by atoms with Gasteiger partial charge in [0.15, 0.2) is 0 Å². The highest BCUT2D eigenvalue weighted by Crippen LogP contribution is 2.19. The average molecular weight is 163 g/mol. The van der Waals surface area contributed by atoms with Crippen molar-refractivity contribution in [2.75, 3.05) is 0 Å². The molecule has 0 saturated heterocycles. The lowest BCUT2D eigenvalue weighted by molar-refractivity contribution is 0.533. The van der Waals surface area contributed by atoms with E-state index in [-0.39, 0.29) is 0 Å². The van der Waals surface area contributed by atoms with Crippen LogP contribution in [0.5, 0.6) is 0 Å². The van der Waals surface area contributed by atoms with E-state index in [9.17, 15) is 0 Å². The molecule has 0 saturated carbocycles. The van der Waals surface area contributed by atoms with Gasteiger partial charge in [-0.15, -0.1) is 0 Å². The standard InChI is InChI=1S/C9H13N3/c1-2-4-8(5-3-1)6-9-7-10-12-11-9/h2,4,7-8H,1,3,5-6H2,(H,10,11,12). The number of aromatic nitrogens is 3. The van der Waals surface area contributed by atoms with Crippen LogP contribution in [0.3, 0.4) is 0 Å². The van der Waals surface area contributed by atoms with Crippen molar-refractivity contribution in [2.45, 2.75) is 25.7 Å². The first-order chi connectivity index (χ1) is 5.95. The summed E-state index contributed by atoms with van der Waals surface area (Å²) in [5, 5.41) is 10.5. The van der Waals surface area contributed by atoms with Crippen LogP contribution in [-0.4, -0.2) is 15.4 Å². The number of aromatic amines is 1. The fraction of sp³-hybridized carbons (Fsp3) is 0.556. The van der Waals surface area contributed by atoms with Crippen molar-refractivity contribution in [2.24, 2.45) is 5.92 Å². The van der Waals surface area contributed by atoms with Crippen LogP contribution in [0.25, 0.3) is 0 Å². The van der Waals surface area contributed by atoms with Gasteiger partial charge >= 0.3 is 0 Å². The van der Waals surface area contributed by atoms with Crippen molar-refractivity contribution in [3.8, 4) is 0 Å². The van der Waals surface area contributed by atoms with Gasteiger partial charge in [0.05, 0.1) is 11.9 Å². The molecule has 3 heteroatoms. The van der Waals surface area contributed by atoms with Crippen LogP contribution in [0.15, 0.2) is 18.3 Å². The fourth-order valence-corrected chi connectivity index (χ4v) is 1.65. The topological polar surface area (TPSA) is 41.6 Å². The van der Waals surface area contributed by atoms with Gasteiger partial charge in [-0.1, -0.05) is 12.2 Å². The maximum atomic E-state index is 4.04. The van der Waals surface area contributed by atoms with E-state index in [4.69, 9.17) is 0 Å². The molecule has 1 aliphatic rings. The molecule has 0 radical (unpaired) electrons. The van der Waals surface area contributed by atoms with E-state index in [1.54, 1.807) is 0 Å². The molecule has 0 aliphatic heterocycles. The third-order valence-electron chi connectivity index (χ3n) is 2.29. The molecule has 1 aromatic rings. The molecule has 1 aromatic heterocycles. The van der Waals surface area contributed by atoms with E-state index < -0.39 is 0 Å². The normalized spacial score (nSPS) is 22.8. The first-order valence-corrected chi connectivity index (χ1v) is 4.46. The second kappa shape index (κ2) is 3.52. The minimum Gasteiger partial charge on any atom is -0.198 e. The van der Waals surface area contributed by atoms with E-state index in [0.29, 0.717) is 5.92 Å². The Balaban J connectivity index is 1.94. The van der Waals surface area contributed by atoms with Gasteiger partial charge in [-0.25, -0.2) is 0 Å². The van der Waals surface area contributed by atoms with Crippen LogP contribution >= 0.6 is 0 Å². The first-order valence-electron chi connectivity index (χ1n) is 4.46. The number of nitrogens with zero attached hydrogens (tertiary/aromatic N) is 2. The van der Waals surface area contributed by atoms with Crippen molar-refractivity contribution in [1.82, 2.24) is 15.4 Å². The Morgan fingerprint density at radius 2 is 2.58 bits per heavy atom. The summed E-state index contributed by atoms with van der Waals surface area (Å²) in [6.45, 7) is 0. The molecule has 64 valence electrons. The molecule has 1 aliphatic carbocycles. The lowest BCUT2D eigenvalue weighted by atomic mass is 9.92. The maximum absolute atomic E-state index is 4.04. The number of H-pyrrole nitrogens is 1. The molecule has 0 aromatic carbocycles. The largest absolute Gasteiger partial charge is 0.198 e. The second-order valence-electron chi connectivity index (χ2n) is 3.28. The molecule has 2 rings (SSSR count). The number of hydrogen-bond donors (Lipinski definition) is 1. The minimum absolute atomic E-state index is 0.684. The number of rotatable bonds is 2. The van der Waals surface area contributed by atoms with Crippen molar-refractivity contribution in [3.05, 3.63) is 24.0 Å². The molecule has 0 bridgehead atoms. The Morgan fingerprint density at radius 1 is 1.58 bits per heavy atom. The Morgan fingerprint density at radius 3 is 3.25 bits per heavy atom. The predicted molar refractivity (Wildman–Crippen MR) is 46.6 cm³/mol. The first kappa shape index (κ1) is 7.53. The Hall–Kier alpha value is -1.12. The van der Waals surface area contributed by atoms with Gasteiger partial charge in [0, 0.05) is 0 Å². The molecule has 1 N–H and O–H groups in total. The summed E-state index contributed by atoms with van der Waals surface area (Å²) in [7, 11) is 0. The van der Waals surface area contributed by atoms with E-state index in [0.717, 1.165) is 12.1 Å². The van der Waals surface area contributed by atoms with Crippen LogP contribution in [0.2, 0.25) is 0 Å². The lowest BCUT2D eigenvalue weighted by Gasteiger charge is -2.13. The Kier molecular flexibility index (Phi) is 2.21. The highest BCUT2D eigenvalue weighted by molar-refractivity contribution is 5.01. The Bertz CT molecular complexity index is 251. The van der Waals surface area contributed by atoms with Crippen LogP contribution in [-0.2, 0) is 6.42 Å². The third-order valence-corrected chi connectivity index (χ3v) is 2.29. The van der Waals surface area contributed by atoms with Gasteiger partial charge in [0.1, 0.15) is 0 Å². The van der Waals surface area contributed by atoms with Gasteiger partial charge in [0.2, 0.25) is 0 Å². The second-order valence-corrected chi connectivity index (χ2v) is 3.28. The molecule has 1 heterocycles. The van der Waals surface area contributed by atoms with Gasteiger partial charge in [0.25, 0.3) is 0 Å². The summed E-state index contributed by atoms with van der Waals surface area (Å²) in [6, 6.07) is 0. The summed E-state index contributed by atoms with van der Waals surface area (Å²) < 4.78 is 0. The highest BCUT2D eigenvalue weighted by Gasteiger charge is 2.10. The summed E-state index contributed by atoms with van der Waals surface area (Å²) in [5.74, 6) is 0.684. The molecule has 12 heavy (non-hydrogen) atoms. The number of allylic oxidation sites excluding steroid dienone is 2. The summed E-state index contributed by atoms with van der Waals surface area (Å²) in [4.78, 5) is 0. The fourth-order valence-electron chi connectivity index (χ4n) is 1.65. The van der Waals surface area contributed by atoms with Gasteiger partial charge in [-0.2, -0.15) is 15.4 Å². The molecule has 0 amide bonds. The molecule has 1 atom stereocenters. The van der Waals surface area contributed by atoms with Crippen molar-refractivity contribution >= 4 is 0 Å². The van der Waals surface area contributed by atoms with Crippen molar-refractivity contribution in [1.29, 1.82) is 0 Å². The molecular weight excluding hydrogens is 150 g/mol. The molecule has 0 spiro atoms. The monoisotopic (exact) mass is 163 g/mol. The third kappa shape index (κ3) is 1.72. The van der Waals surface area contributed by atoms with E-state index in [1.165, 1.54) is 19.3 Å². The van der Waals surface area contributed by atoms with Gasteiger partial charge in [-0.3, -0.25) is 0 Å². The van der Waals surface area contributed by atoms with Gasteiger partial charge < -0.3 is 0 Å². The smallest absolute Gasteiger partial charge is 0.0830 e. The molecular formula is C9H13N3. The number of hydrogen-bond acceptors (Lipinski definition) is 2. The van der Waals surface area contributed by atoms with Crippen molar-refractivity contribution < 1.29 is 0 Å². The van der Waals surface area contributed by atoms with Crippen LogP contribution < -0.4 is 0 Å². The van der Waals surface area contributed by atoms with E-state index in [2.05, 4.69) is 27.6 Å². The van der Waals surface area contributed by atoms with Gasteiger partial charge in [-0.05, 0) is 31.6 Å². The summed E-state index contributed by atoms with van der Waals surface area (Å²) in [5.41, 5.74) is 1.08. The highest BCUT2D eigenvalue weighted by atomic mass is 15.3. The quantitative estimate of drug-likeness (QED) is 0.674. The van der Waals surface area contributed by atoms with Crippen LogP contribution in [0.1, 0.15) is 25.0 Å². The predicted octanol–water partition coefficient (Wildman–Crippen LogP) is 1.70. The SMILES string of the molecule is C1=CC(Cc2cn[nH]n2)CCC1. The molecule has 0 fully saturated rings. The van der Waals surface area contributed by atoms with Crippen LogP contribution in [0.4, 0.5) is 0 Å². The zero-order valence-corrected chi connectivity index (χ0v) is 7.03. The molecule has 3 nitrogen and oxygen atoms in total. The zero-order chi connectivity index (χ0) is 8.23. The minimum atomic E-state index is 0.684. The molecule has 1 unspecified atom stereocenters. The maximum Gasteiger partial charge on any atom is 0.0830 e. The zero-order valence-electron chi connectivity index (χ0n) is 7.03. The van der Waals surface area contributed by atoms with E-state index in [1.807, 2.05) is 6.20 Å². The lowest BCUT2D eigenvalue weighted by Crippen LogP contribution is -2.04. The Labute approximate surface area is 71.9 Å². The summed E-state index contributed by atoms with van der Waals surface area (Å²) >= 11 is 0. The number of nitrogens with one attached hydrogen (secondary N) is 1. The van der Waals surface area contributed by atoms with Crippen LogP contribution in [0, 0.1) is 5.92 Å². The summed E-state index contributed by atoms with van der Waals surface area (Å²) in [6.07, 6.45) is 11.3.